The Morgan fingerprint density at radius 2 is 2.38 bits per heavy atom. The number of carbonyl (C=O) groups is 1. The minimum Gasteiger partial charge on any atom is -0.367 e. The quantitative estimate of drug-likeness (QED) is 0.581. The third-order valence-corrected chi connectivity index (χ3v) is 0.851. The molecule has 0 saturated carbocycles. The summed E-state index contributed by atoms with van der Waals surface area (Å²) in [5.74, 6) is -0.855. The standard InChI is InChI=1S/C5H10FNO/c1-2-3-4(6)5(7)8/h4H,2-3H2,1H3,(H2,7,8). The fourth-order valence-corrected chi connectivity index (χ4v) is 0.396. The van der Waals surface area contributed by atoms with Gasteiger partial charge in [0.05, 0.1) is 0 Å². The molecular formula is C5H10FNO. The maximum absolute atomic E-state index is 12.1. The van der Waals surface area contributed by atoms with Gasteiger partial charge in [0.1, 0.15) is 0 Å². The Morgan fingerprint density at radius 3 is 2.50 bits per heavy atom. The molecule has 0 bridgehead atoms. The second-order valence-corrected chi connectivity index (χ2v) is 1.66. The lowest BCUT2D eigenvalue weighted by molar-refractivity contribution is -0.122. The van der Waals surface area contributed by atoms with Crippen molar-refractivity contribution in [2.75, 3.05) is 0 Å². The average Bonchev–Trinajstić information content (AvgIpc) is 1.67. The molecule has 0 aliphatic rings. The van der Waals surface area contributed by atoms with Crippen LogP contribution in [0.5, 0.6) is 0 Å². The number of amides is 1. The molecular weight excluding hydrogens is 109 g/mol. The molecule has 0 aromatic rings. The van der Waals surface area contributed by atoms with Crippen molar-refractivity contribution in [3.8, 4) is 0 Å². The number of hydrogen-bond acceptors (Lipinski definition) is 1. The van der Waals surface area contributed by atoms with Gasteiger partial charge in [0.2, 0.25) is 0 Å². The zero-order valence-corrected chi connectivity index (χ0v) is 4.86. The van der Waals surface area contributed by atoms with E-state index in [9.17, 15) is 9.18 Å². The molecule has 3 heteroatoms. The van der Waals surface area contributed by atoms with Gasteiger partial charge in [-0.15, -0.1) is 0 Å². The van der Waals surface area contributed by atoms with E-state index < -0.39 is 12.1 Å². The molecule has 1 amide bonds. The normalized spacial score (nSPS) is 13.2. The number of alkyl halides is 1. The fourth-order valence-electron chi connectivity index (χ4n) is 0.396. The molecule has 0 aromatic heterocycles. The first-order chi connectivity index (χ1) is 3.68. The summed E-state index contributed by atoms with van der Waals surface area (Å²) >= 11 is 0. The number of halogens is 1. The van der Waals surface area contributed by atoms with Crippen LogP contribution in [-0.2, 0) is 4.79 Å². The molecule has 8 heavy (non-hydrogen) atoms. The molecule has 1 unspecified atom stereocenters. The second-order valence-electron chi connectivity index (χ2n) is 1.66. The molecule has 2 nitrogen and oxygen atoms in total. The van der Waals surface area contributed by atoms with Crippen LogP contribution >= 0.6 is 0 Å². The summed E-state index contributed by atoms with van der Waals surface area (Å²) in [6.45, 7) is 1.80. The van der Waals surface area contributed by atoms with Gasteiger partial charge >= 0.3 is 0 Å². The molecule has 0 aromatic carbocycles. The number of nitrogens with two attached hydrogens (primary N) is 1. The van der Waals surface area contributed by atoms with Crippen molar-refractivity contribution in [1.29, 1.82) is 0 Å². The summed E-state index contributed by atoms with van der Waals surface area (Å²) in [4.78, 5) is 9.94. The number of carbonyl (C=O) groups excluding carboxylic acids is 1. The zero-order valence-electron chi connectivity index (χ0n) is 4.86. The van der Waals surface area contributed by atoms with Crippen molar-refractivity contribution >= 4 is 5.91 Å². The van der Waals surface area contributed by atoms with Crippen molar-refractivity contribution in [1.82, 2.24) is 0 Å². The molecule has 2 N–H and O–H groups in total. The molecule has 0 radical (unpaired) electrons. The SMILES string of the molecule is CCCC(F)C(N)=O. The van der Waals surface area contributed by atoms with E-state index in [1.165, 1.54) is 0 Å². The molecule has 0 fully saturated rings. The fraction of sp³-hybridized carbons (Fsp3) is 0.800. The minimum atomic E-state index is -1.44. The van der Waals surface area contributed by atoms with Gasteiger partial charge in [-0.05, 0) is 6.42 Å². The Hall–Kier alpha value is -0.600. The van der Waals surface area contributed by atoms with Gasteiger partial charge in [-0.3, -0.25) is 4.79 Å². The van der Waals surface area contributed by atoms with E-state index in [2.05, 4.69) is 5.73 Å². The molecule has 48 valence electrons. The highest BCUT2D eigenvalue weighted by atomic mass is 19.1. The Balaban J connectivity index is 3.32. The van der Waals surface area contributed by atoms with E-state index in [0.717, 1.165) is 0 Å². The van der Waals surface area contributed by atoms with Crippen LogP contribution in [0, 0.1) is 0 Å². The molecule has 0 aliphatic carbocycles. The van der Waals surface area contributed by atoms with Gasteiger partial charge in [0.25, 0.3) is 5.91 Å². The third kappa shape index (κ3) is 2.55. The molecule has 0 aliphatic heterocycles. The van der Waals surface area contributed by atoms with Gasteiger partial charge in [0, 0.05) is 0 Å². The van der Waals surface area contributed by atoms with Gasteiger partial charge < -0.3 is 5.73 Å². The van der Waals surface area contributed by atoms with Crippen molar-refractivity contribution in [3.63, 3.8) is 0 Å². The van der Waals surface area contributed by atoms with Crippen LogP contribution in [0.1, 0.15) is 19.8 Å². The number of primary amides is 1. The summed E-state index contributed by atoms with van der Waals surface area (Å²) in [5, 5.41) is 0. The number of hydrogen-bond donors (Lipinski definition) is 1. The van der Waals surface area contributed by atoms with Crippen molar-refractivity contribution in [2.24, 2.45) is 5.73 Å². The summed E-state index contributed by atoms with van der Waals surface area (Å²) in [6.07, 6.45) is -0.542. The van der Waals surface area contributed by atoms with Gasteiger partial charge in [-0.25, -0.2) is 4.39 Å². The topological polar surface area (TPSA) is 43.1 Å². The first kappa shape index (κ1) is 7.40. The summed E-state index contributed by atoms with van der Waals surface area (Å²) in [6, 6.07) is 0. The van der Waals surface area contributed by atoms with E-state index >= 15 is 0 Å². The summed E-state index contributed by atoms with van der Waals surface area (Å²) in [5.41, 5.74) is 4.61. The predicted molar refractivity (Wildman–Crippen MR) is 29.0 cm³/mol. The zero-order chi connectivity index (χ0) is 6.57. The van der Waals surface area contributed by atoms with Crippen LogP contribution in [-0.4, -0.2) is 12.1 Å². The van der Waals surface area contributed by atoms with Crippen molar-refractivity contribution in [2.45, 2.75) is 25.9 Å². The predicted octanol–water partition coefficient (Wildman–Crippen LogP) is 0.610. The van der Waals surface area contributed by atoms with E-state index in [1.54, 1.807) is 6.92 Å². The molecule has 0 spiro atoms. The van der Waals surface area contributed by atoms with Crippen LogP contribution in [0.2, 0.25) is 0 Å². The average molecular weight is 119 g/mol. The van der Waals surface area contributed by atoms with Crippen molar-refractivity contribution in [3.05, 3.63) is 0 Å². The first-order valence-corrected chi connectivity index (χ1v) is 2.62. The minimum absolute atomic E-state index is 0.245. The largest absolute Gasteiger partial charge is 0.367 e. The van der Waals surface area contributed by atoms with Crippen LogP contribution in [0.25, 0.3) is 0 Å². The van der Waals surface area contributed by atoms with Crippen LogP contribution in [0.3, 0.4) is 0 Å². The van der Waals surface area contributed by atoms with E-state index in [1.807, 2.05) is 0 Å². The van der Waals surface area contributed by atoms with Crippen LogP contribution in [0.15, 0.2) is 0 Å². The highest BCUT2D eigenvalue weighted by molar-refractivity contribution is 5.78. The highest BCUT2D eigenvalue weighted by Gasteiger charge is 2.09. The van der Waals surface area contributed by atoms with Gasteiger partial charge in [-0.2, -0.15) is 0 Å². The van der Waals surface area contributed by atoms with Gasteiger partial charge in [-0.1, -0.05) is 13.3 Å². The van der Waals surface area contributed by atoms with Crippen molar-refractivity contribution < 1.29 is 9.18 Å². The molecule has 0 saturated heterocycles. The maximum atomic E-state index is 12.1. The lowest BCUT2D eigenvalue weighted by Gasteiger charge is -1.97. The smallest absolute Gasteiger partial charge is 0.251 e. The Kier molecular flexibility index (Phi) is 3.15. The van der Waals surface area contributed by atoms with Gasteiger partial charge in [0.15, 0.2) is 6.17 Å². The van der Waals surface area contributed by atoms with E-state index in [0.29, 0.717) is 6.42 Å². The van der Waals surface area contributed by atoms with E-state index in [-0.39, 0.29) is 6.42 Å². The highest BCUT2D eigenvalue weighted by Crippen LogP contribution is 1.98. The summed E-state index contributed by atoms with van der Waals surface area (Å²) < 4.78 is 12.1. The Morgan fingerprint density at radius 1 is 1.88 bits per heavy atom. The van der Waals surface area contributed by atoms with Crippen LogP contribution in [0.4, 0.5) is 4.39 Å². The lowest BCUT2D eigenvalue weighted by Crippen LogP contribution is -2.23. The second kappa shape index (κ2) is 3.41. The lowest BCUT2D eigenvalue weighted by atomic mass is 10.2. The first-order valence-electron chi connectivity index (χ1n) is 2.62. The maximum Gasteiger partial charge on any atom is 0.251 e. The number of rotatable bonds is 3. The molecule has 0 rings (SSSR count). The monoisotopic (exact) mass is 119 g/mol. The molecule has 0 heterocycles. The third-order valence-electron chi connectivity index (χ3n) is 0.851. The molecule has 1 atom stereocenters. The Labute approximate surface area is 47.9 Å². The van der Waals surface area contributed by atoms with E-state index in [4.69, 9.17) is 0 Å². The Bertz CT molecular complexity index is 84.5. The summed E-state index contributed by atoms with van der Waals surface area (Å²) in [7, 11) is 0. The van der Waals surface area contributed by atoms with Crippen LogP contribution < -0.4 is 5.73 Å².